The van der Waals surface area contributed by atoms with E-state index in [2.05, 4.69) is 45.3 Å². The summed E-state index contributed by atoms with van der Waals surface area (Å²) in [4.78, 5) is 12.0. The fourth-order valence-electron chi connectivity index (χ4n) is 1.92. The van der Waals surface area contributed by atoms with Crippen LogP contribution in [0, 0.1) is 0 Å². The molecule has 0 unspecified atom stereocenters. The normalized spacial score (nSPS) is 11.0. The van der Waals surface area contributed by atoms with Crippen molar-refractivity contribution in [2.24, 2.45) is 0 Å². The van der Waals surface area contributed by atoms with Gasteiger partial charge in [0.15, 0.2) is 5.16 Å². The van der Waals surface area contributed by atoms with E-state index in [9.17, 15) is 4.79 Å². The Labute approximate surface area is 143 Å². The Morgan fingerprint density at radius 1 is 1.32 bits per heavy atom. The van der Waals surface area contributed by atoms with E-state index < -0.39 is 0 Å². The molecule has 2 rings (SSSR count). The molecule has 1 aromatic carbocycles. The molecule has 0 saturated carbocycles. The molecule has 0 spiro atoms. The standard InChI is InChI=1S/C15H19BrN4OS/c1-4-20-14(16)18-19-15(20)22-9-13(21)17-12-7-5-11(6-8-12)10(2)3/h5-8,10H,4,9H2,1-3H3,(H,17,21). The van der Waals surface area contributed by atoms with Crippen molar-refractivity contribution in [2.45, 2.75) is 38.4 Å². The van der Waals surface area contributed by atoms with Crippen molar-refractivity contribution in [3.8, 4) is 0 Å². The summed E-state index contributed by atoms with van der Waals surface area (Å²) in [5, 5.41) is 11.6. The summed E-state index contributed by atoms with van der Waals surface area (Å²) in [6, 6.07) is 7.95. The van der Waals surface area contributed by atoms with Gasteiger partial charge in [-0.05, 0) is 46.5 Å². The smallest absolute Gasteiger partial charge is 0.234 e. The quantitative estimate of drug-likeness (QED) is 0.769. The van der Waals surface area contributed by atoms with E-state index in [-0.39, 0.29) is 5.91 Å². The number of carbonyl (C=O) groups is 1. The molecule has 0 aliphatic rings. The molecule has 7 heteroatoms. The van der Waals surface area contributed by atoms with Gasteiger partial charge in [0.2, 0.25) is 10.6 Å². The van der Waals surface area contributed by atoms with Crippen LogP contribution in [0.4, 0.5) is 5.69 Å². The second-order valence-electron chi connectivity index (χ2n) is 5.11. The Kier molecular flexibility index (Phi) is 6.02. The number of benzene rings is 1. The molecule has 1 amide bonds. The van der Waals surface area contributed by atoms with Crippen molar-refractivity contribution in [2.75, 3.05) is 11.1 Å². The minimum atomic E-state index is -0.0518. The average molecular weight is 383 g/mol. The fourth-order valence-corrected chi connectivity index (χ4v) is 3.34. The first-order valence-corrected chi connectivity index (χ1v) is 8.90. The van der Waals surface area contributed by atoms with E-state index in [0.29, 0.717) is 16.4 Å². The molecule has 2 aromatic rings. The van der Waals surface area contributed by atoms with Gasteiger partial charge in [0.25, 0.3) is 0 Å². The van der Waals surface area contributed by atoms with Crippen LogP contribution in [0.15, 0.2) is 34.2 Å². The van der Waals surface area contributed by atoms with Crippen LogP contribution in [0.1, 0.15) is 32.3 Å². The topological polar surface area (TPSA) is 59.8 Å². The van der Waals surface area contributed by atoms with E-state index >= 15 is 0 Å². The lowest BCUT2D eigenvalue weighted by Crippen LogP contribution is -2.14. The summed E-state index contributed by atoms with van der Waals surface area (Å²) in [5.41, 5.74) is 2.07. The number of rotatable bonds is 6. The number of halogens is 1. The molecule has 5 nitrogen and oxygen atoms in total. The Morgan fingerprint density at radius 2 is 2.00 bits per heavy atom. The highest BCUT2D eigenvalue weighted by Gasteiger charge is 2.11. The van der Waals surface area contributed by atoms with E-state index in [1.54, 1.807) is 0 Å². The molecule has 0 saturated heterocycles. The first kappa shape index (κ1) is 17.0. The lowest BCUT2D eigenvalue weighted by molar-refractivity contribution is -0.113. The van der Waals surface area contributed by atoms with Crippen LogP contribution >= 0.6 is 27.7 Å². The molecule has 118 valence electrons. The van der Waals surface area contributed by atoms with Gasteiger partial charge >= 0.3 is 0 Å². The Bertz CT molecular complexity index is 639. The van der Waals surface area contributed by atoms with Crippen LogP contribution in [-0.2, 0) is 11.3 Å². The molecule has 22 heavy (non-hydrogen) atoms. The van der Waals surface area contributed by atoms with Crippen LogP contribution in [0.25, 0.3) is 0 Å². The van der Waals surface area contributed by atoms with Crippen LogP contribution < -0.4 is 5.32 Å². The van der Waals surface area contributed by atoms with E-state index in [4.69, 9.17) is 0 Å². The van der Waals surface area contributed by atoms with Crippen LogP contribution in [0.2, 0.25) is 0 Å². The van der Waals surface area contributed by atoms with Gasteiger partial charge in [-0.15, -0.1) is 10.2 Å². The summed E-state index contributed by atoms with van der Waals surface area (Å²) < 4.78 is 2.59. The highest BCUT2D eigenvalue weighted by Crippen LogP contribution is 2.21. The summed E-state index contributed by atoms with van der Waals surface area (Å²) in [6.07, 6.45) is 0. The number of nitrogens with one attached hydrogen (secondary N) is 1. The zero-order chi connectivity index (χ0) is 16.1. The van der Waals surface area contributed by atoms with Gasteiger partial charge in [-0.25, -0.2) is 0 Å². The van der Waals surface area contributed by atoms with Gasteiger partial charge in [-0.3, -0.25) is 9.36 Å². The molecular formula is C15H19BrN4OS. The molecule has 1 aromatic heterocycles. The number of anilines is 1. The maximum Gasteiger partial charge on any atom is 0.234 e. The predicted octanol–water partition coefficient (Wildman–Crippen LogP) is 3.91. The van der Waals surface area contributed by atoms with Crippen molar-refractivity contribution >= 4 is 39.3 Å². The van der Waals surface area contributed by atoms with Crippen molar-refractivity contribution in [3.05, 3.63) is 34.6 Å². The summed E-state index contributed by atoms with van der Waals surface area (Å²) in [7, 11) is 0. The minimum Gasteiger partial charge on any atom is -0.325 e. The second-order valence-corrected chi connectivity index (χ2v) is 6.76. The maximum atomic E-state index is 12.0. The van der Waals surface area contributed by atoms with Gasteiger partial charge in [-0.1, -0.05) is 37.7 Å². The highest BCUT2D eigenvalue weighted by molar-refractivity contribution is 9.10. The first-order valence-electron chi connectivity index (χ1n) is 7.12. The van der Waals surface area contributed by atoms with Crippen LogP contribution in [0.3, 0.4) is 0 Å². The van der Waals surface area contributed by atoms with Crippen molar-refractivity contribution in [1.29, 1.82) is 0 Å². The second kappa shape index (κ2) is 7.78. The zero-order valence-corrected chi connectivity index (χ0v) is 15.2. The predicted molar refractivity (Wildman–Crippen MR) is 93.3 cm³/mol. The van der Waals surface area contributed by atoms with Gasteiger partial charge in [0, 0.05) is 12.2 Å². The Morgan fingerprint density at radius 3 is 2.59 bits per heavy atom. The van der Waals surface area contributed by atoms with Gasteiger partial charge in [-0.2, -0.15) is 0 Å². The van der Waals surface area contributed by atoms with E-state index in [1.165, 1.54) is 17.3 Å². The summed E-state index contributed by atoms with van der Waals surface area (Å²) in [5.74, 6) is 0.736. The van der Waals surface area contributed by atoms with Crippen molar-refractivity contribution < 1.29 is 4.79 Å². The molecule has 0 bridgehead atoms. The number of amides is 1. The first-order chi connectivity index (χ1) is 10.5. The summed E-state index contributed by atoms with van der Waals surface area (Å²) >= 11 is 4.71. The van der Waals surface area contributed by atoms with Crippen LogP contribution in [0.5, 0.6) is 0 Å². The SMILES string of the molecule is CCn1c(Br)nnc1SCC(=O)Nc1ccc(C(C)C)cc1. The van der Waals surface area contributed by atoms with Crippen molar-refractivity contribution in [3.63, 3.8) is 0 Å². The molecule has 0 aliphatic heterocycles. The average Bonchev–Trinajstić information content (AvgIpc) is 2.85. The molecule has 0 fully saturated rings. The van der Waals surface area contributed by atoms with Gasteiger partial charge in [0.05, 0.1) is 5.75 Å². The van der Waals surface area contributed by atoms with E-state index in [1.807, 2.05) is 35.8 Å². The number of carbonyl (C=O) groups excluding carboxylic acids is 1. The summed E-state index contributed by atoms with van der Waals surface area (Å²) in [6.45, 7) is 7.06. The Hall–Kier alpha value is -1.34. The van der Waals surface area contributed by atoms with Gasteiger partial charge in [0.1, 0.15) is 0 Å². The lowest BCUT2D eigenvalue weighted by atomic mass is 10.0. The number of aromatic nitrogens is 3. The third-order valence-electron chi connectivity index (χ3n) is 3.18. The zero-order valence-electron chi connectivity index (χ0n) is 12.8. The van der Waals surface area contributed by atoms with Crippen molar-refractivity contribution in [1.82, 2.24) is 14.8 Å². The number of nitrogens with zero attached hydrogens (tertiary/aromatic N) is 3. The monoisotopic (exact) mass is 382 g/mol. The molecule has 0 aliphatic carbocycles. The molecule has 0 atom stereocenters. The number of thioether (sulfide) groups is 1. The molecule has 1 heterocycles. The molecular weight excluding hydrogens is 364 g/mol. The third kappa shape index (κ3) is 4.33. The van der Waals surface area contributed by atoms with Gasteiger partial charge < -0.3 is 5.32 Å². The largest absolute Gasteiger partial charge is 0.325 e. The number of hydrogen-bond acceptors (Lipinski definition) is 4. The van der Waals surface area contributed by atoms with Crippen LogP contribution in [-0.4, -0.2) is 26.4 Å². The highest BCUT2D eigenvalue weighted by atomic mass is 79.9. The lowest BCUT2D eigenvalue weighted by Gasteiger charge is -2.08. The molecule has 1 N–H and O–H groups in total. The van der Waals surface area contributed by atoms with E-state index in [0.717, 1.165) is 17.4 Å². The fraction of sp³-hybridized carbons (Fsp3) is 0.400. The Balaban J connectivity index is 1.90. The third-order valence-corrected chi connectivity index (χ3v) is 4.73. The maximum absolute atomic E-state index is 12.0. The minimum absolute atomic E-state index is 0.0518. The number of hydrogen-bond donors (Lipinski definition) is 1. The molecule has 0 radical (unpaired) electrons.